The molecule has 0 amide bonds. The van der Waals surface area contributed by atoms with Gasteiger partial charge < -0.3 is 5.73 Å². The fourth-order valence-corrected chi connectivity index (χ4v) is 2.56. The van der Waals surface area contributed by atoms with Crippen LogP contribution in [0.3, 0.4) is 0 Å². The van der Waals surface area contributed by atoms with Gasteiger partial charge in [-0.25, -0.2) is 0 Å². The summed E-state index contributed by atoms with van der Waals surface area (Å²) in [7, 11) is 0. The van der Waals surface area contributed by atoms with Crippen LogP contribution in [0.4, 0.5) is 5.00 Å². The molecule has 2 N–H and O–H groups in total. The number of halogens is 2. The first-order chi connectivity index (χ1) is 7.58. The average molecular weight is 272 g/mol. The molecule has 0 radical (unpaired) electrons. The van der Waals surface area contributed by atoms with Gasteiger partial charge >= 0.3 is 0 Å². The van der Waals surface area contributed by atoms with E-state index in [9.17, 15) is 4.79 Å². The summed E-state index contributed by atoms with van der Waals surface area (Å²) in [4.78, 5) is 12.5. The van der Waals surface area contributed by atoms with Crippen LogP contribution in [-0.2, 0) is 0 Å². The molecular formula is C11H7Cl2NOS. The third-order valence-electron chi connectivity index (χ3n) is 2.02. The van der Waals surface area contributed by atoms with E-state index in [4.69, 9.17) is 28.9 Å². The maximum Gasteiger partial charge on any atom is 0.204 e. The number of benzene rings is 1. The number of anilines is 1. The molecule has 82 valence electrons. The minimum absolute atomic E-state index is 0.136. The molecule has 1 aromatic carbocycles. The Labute approximate surface area is 107 Å². The molecule has 0 aliphatic carbocycles. The molecule has 0 fully saturated rings. The molecule has 2 rings (SSSR count). The molecule has 0 aliphatic heterocycles. The monoisotopic (exact) mass is 271 g/mol. The number of ketones is 1. The molecule has 1 aromatic heterocycles. The lowest BCUT2D eigenvalue weighted by Crippen LogP contribution is -1.98. The lowest BCUT2D eigenvalue weighted by atomic mass is 10.1. The van der Waals surface area contributed by atoms with Crippen molar-refractivity contribution >= 4 is 45.3 Å². The molecule has 16 heavy (non-hydrogen) atoms. The van der Waals surface area contributed by atoms with E-state index in [1.165, 1.54) is 11.3 Å². The zero-order valence-electron chi connectivity index (χ0n) is 8.04. The average Bonchev–Trinajstić information content (AvgIpc) is 2.58. The van der Waals surface area contributed by atoms with Crippen LogP contribution in [0.2, 0.25) is 10.0 Å². The largest absolute Gasteiger partial charge is 0.391 e. The van der Waals surface area contributed by atoms with Crippen molar-refractivity contribution in [3.63, 3.8) is 0 Å². The quantitative estimate of drug-likeness (QED) is 0.843. The minimum Gasteiger partial charge on any atom is -0.391 e. The van der Waals surface area contributed by atoms with Gasteiger partial charge in [-0.05, 0) is 30.3 Å². The van der Waals surface area contributed by atoms with Gasteiger partial charge in [0.2, 0.25) is 5.78 Å². The third-order valence-corrected chi connectivity index (χ3v) is 3.64. The van der Waals surface area contributed by atoms with Gasteiger partial charge in [-0.3, -0.25) is 4.79 Å². The van der Waals surface area contributed by atoms with Crippen LogP contribution in [0.15, 0.2) is 30.3 Å². The second-order valence-electron chi connectivity index (χ2n) is 3.16. The van der Waals surface area contributed by atoms with Gasteiger partial charge in [0.15, 0.2) is 0 Å². The first-order valence-corrected chi connectivity index (χ1v) is 6.00. The Morgan fingerprint density at radius 3 is 2.31 bits per heavy atom. The smallest absolute Gasteiger partial charge is 0.204 e. The number of hydrogen-bond donors (Lipinski definition) is 1. The van der Waals surface area contributed by atoms with Crippen LogP contribution in [0.1, 0.15) is 15.2 Å². The topological polar surface area (TPSA) is 43.1 Å². The Bertz CT molecular complexity index is 533. The molecule has 2 aromatic rings. The second kappa shape index (κ2) is 4.45. The summed E-state index contributed by atoms with van der Waals surface area (Å²) in [6.45, 7) is 0. The number of nitrogen functional groups attached to an aromatic ring is 1. The first-order valence-electron chi connectivity index (χ1n) is 4.43. The van der Waals surface area contributed by atoms with E-state index in [1.807, 2.05) is 0 Å². The van der Waals surface area contributed by atoms with Crippen molar-refractivity contribution in [2.75, 3.05) is 5.73 Å². The first kappa shape index (κ1) is 11.5. The van der Waals surface area contributed by atoms with E-state index in [0.717, 1.165) is 0 Å². The van der Waals surface area contributed by atoms with E-state index in [1.54, 1.807) is 30.3 Å². The van der Waals surface area contributed by atoms with Crippen LogP contribution in [0.25, 0.3) is 0 Å². The van der Waals surface area contributed by atoms with Gasteiger partial charge in [-0.1, -0.05) is 23.2 Å². The molecule has 0 spiro atoms. The third kappa shape index (κ3) is 2.21. The number of carbonyl (C=O) groups excluding carboxylic acids is 1. The van der Waals surface area contributed by atoms with Crippen molar-refractivity contribution in [3.8, 4) is 0 Å². The molecule has 0 unspecified atom stereocenters. The highest BCUT2D eigenvalue weighted by atomic mass is 35.5. The maximum absolute atomic E-state index is 12.0. The normalized spacial score (nSPS) is 10.4. The minimum atomic E-state index is -0.136. The van der Waals surface area contributed by atoms with Crippen LogP contribution >= 0.6 is 34.5 Å². The Morgan fingerprint density at radius 2 is 1.81 bits per heavy atom. The standard InChI is InChI=1S/C11H7Cl2NOS/c12-7-3-1-6(2-4-7)10(15)11-8(13)5-9(14)16-11/h1-5H,14H2. The van der Waals surface area contributed by atoms with Gasteiger partial charge in [-0.15, -0.1) is 11.3 Å². The molecule has 0 saturated carbocycles. The van der Waals surface area contributed by atoms with Gasteiger partial charge in [-0.2, -0.15) is 0 Å². The van der Waals surface area contributed by atoms with Gasteiger partial charge in [0.1, 0.15) is 0 Å². The van der Waals surface area contributed by atoms with Crippen LogP contribution in [0.5, 0.6) is 0 Å². The van der Waals surface area contributed by atoms with E-state index in [2.05, 4.69) is 0 Å². The lowest BCUT2D eigenvalue weighted by molar-refractivity contribution is 0.104. The fourth-order valence-electron chi connectivity index (χ4n) is 1.27. The molecular weight excluding hydrogens is 265 g/mol. The lowest BCUT2D eigenvalue weighted by Gasteiger charge is -1.98. The van der Waals surface area contributed by atoms with Crippen LogP contribution < -0.4 is 5.73 Å². The summed E-state index contributed by atoms with van der Waals surface area (Å²) in [6.07, 6.45) is 0. The SMILES string of the molecule is Nc1cc(Cl)c(C(=O)c2ccc(Cl)cc2)s1. The molecule has 1 heterocycles. The molecule has 5 heteroatoms. The highest BCUT2D eigenvalue weighted by Crippen LogP contribution is 2.30. The number of thiophene rings is 1. The number of carbonyl (C=O) groups is 1. The molecule has 0 saturated heterocycles. The van der Waals surface area contributed by atoms with Gasteiger partial charge in [0, 0.05) is 10.6 Å². The van der Waals surface area contributed by atoms with Crippen molar-refractivity contribution in [1.82, 2.24) is 0 Å². The number of rotatable bonds is 2. The van der Waals surface area contributed by atoms with Crippen LogP contribution in [-0.4, -0.2) is 5.78 Å². The van der Waals surface area contributed by atoms with E-state index in [0.29, 0.717) is 25.5 Å². The molecule has 0 bridgehead atoms. The number of hydrogen-bond acceptors (Lipinski definition) is 3. The van der Waals surface area contributed by atoms with Gasteiger partial charge in [0.25, 0.3) is 0 Å². The van der Waals surface area contributed by atoms with Crippen molar-refractivity contribution < 1.29 is 4.79 Å². The number of nitrogens with two attached hydrogens (primary N) is 1. The zero-order chi connectivity index (χ0) is 11.7. The Kier molecular flexibility index (Phi) is 3.19. The summed E-state index contributed by atoms with van der Waals surface area (Å²) in [5, 5.41) is 1.51. The Hall–Kier alpha value is -1.03. The zero-order valence-corrected chi connectivity index (χ0v) is 10.4. The van der Waals surface area contributed by atoms with Gasteiger partial charge in [0.05, 0.1) is 14.9 Å². The molecule has 0 atom stereocenters. The summed E-state index contributed by atoms with van der Waals surface area (Å²) in [5.41, 5.74) is 6.13. The Balaban J connectivity index is 2.39. The summed E-state index contributed by atoms with van der Waals surface area (Å²) in [5.74, 6) is -0.136. The van der Waals surface area contributed by atoms with E-state index >= 15 is 0 Å². The van der Waals surface area contributed by atoms with Crippen molar-refractivity contribution in [1.29, 1.82) is 0 Å². The van der Waals surface area contributed by atoms with E-state index < -0.39 is 0 Å². The summed E-state index contributed by atoms with van der Waals surface area (Å²) < 4.78 is 0. The van der Waals surface area contributed by atoms with Crippen molar-refractivity contribution in [2.24, 2.45) is 0 Å². The Morgan fingerprint density at radius 1 is 1.19 bits per heavy atom. The molecule has 2 nitrogen and oxygen atoms in total. The predicted octanol–water partition coefficient (Wildman–Crippen LogP) is 3.87. The highest BCUT2D eigenvalue weighted by Gasteiger charge is 2.15. The summed E-state index contributed by atoms with van der Waals surface area (Å²) in [6, 6.07) is 8.24. The maximum atomic E-state index is 12.0. The van der Waals surface area contributed by atoms with Crippen LogP contribution in [0, 0.1) is 0 Å². The summed E-state index contributed by atoms with van der Waals surface area (Å²) >= 11 is 12.8. The molecule has 0 aliphatic rings. The van der Waals surface area contributed by atoms with Crippen molar-refractivity contribution in [3.05, 3.63) is 50.8 Å². The van der Waals surface area contributed by atoms with E-state index in [-0.39, 0.29) is 5.78 Å². The fraction of sp³-hybridized carbons (Fsp3) is 0. The van der Waals surface area contributed by atoms with Crippen molar-refractivity contribution in [2.45, 2.75) is 0 Å². The second-order valence-corrected chi connectivity index (χ2v) is 5.09. The predicted molar refractivity (Wildman–Crippen MR) is 68.6 cm³/mol. The highest BCUT2D eigenvalue weighted by molar-refractivity contribution is 7.18.